The minimum absolute atomic E-state index is 0.229. The van der Waals surface area contributed by atoms with Crippen LogP contribution < -0.4 is 0 Å². The van der Waals surface area contributed by atoms with E-state index in [0.29, 0.717) is 12.1 Å². The average Bonchev–Trinajstić information content (AvgIpc) is 2.18. The van der Waals surface area contributed by atoms with Gasteiger partial charge >= 0.3 is 0 Å². The molecule has 1 aromatic carbocycles. The molecule has 0 saturated heterocycles. The first-order valence-corrected chi connectivity index (χ1v) is 4.54. The Morgan fingerprint density at radius 3 is 2.62 bits per heavy atom. The van der Waals surface area contributed by atoms with Crippen LogP contribution in [0.4, 0.5) is 0 Å². The zero-order chi connectivity index (χ0) is 9.68. The summed E-state index contributed by atoms with van der Waals surface area (Å²) in [7, 11) is 0. The third-order valence-corrected chi connectivity index (χ3v) is 2.34. The molecule has 0 aromatic heterocycles. The normalized spacial score (nSPS) is 14.2. The molecular formula is C10H12ClNO. The second kappa shape index (κ2) is 4.87. The van der Waals surface area contributed by atoms with E-state index in [1.165, 1.54) is 0 Å². The van der Waals surface area contributed by atoms with Crippen molar-refractivity contribution in [3.8, 4) is 0 Å². The summed E-state index contributed by atoms with van der Waals surface area (Å²) in [5.41, 5.74) is 1.69. The number of halogens is 1. The lowest BCUT2D eigenvalue weighted by Gasteiger charge is -2.06. The first-order valence-electron chi connectivity index (χ1n) is 4.10. The Morgan fingerprint density at radius 2 is 2.08 bits per heavy atom. The van der Waals surface area contributed by atoms with Crippen molar-refractivity contribution in [1.29, 1.82) is 0 Å². The fourth-order valence-corrected chi connectivity index (χ4v) is 1.25. The highest BCUT2D eigenvalue weighted by atomic mass is 35.5. The van der Waals surface area contributed by atoms with E-state index in [0.717, 1.165) is 5.56 Å². The maximum Gasteiger partial charge on any atom is 0.0788 e. The minimum Gasteiger partial charge on any atom is -0.411 e. The Balaban J connectivity index is 2.60. The molecular weight excluding hydrogens is 186 g/mol. The van der Waals surface area contributed by atoms with E-state index in [4.69, 9.17) is 16.8 Å². The highest BCUT2D eigenvalue weighted by Gasteiger charge is 2.09. The molecule has 0 bridgehead atoms. The van der Waals surface area contributed by atoms with Crippen molar-refractivity contribution in [3.05, 3.63) is 35.9 Å². The summed E-state index contributed by atoms with van der Waals surface area (Å²) in [6, 6.07) is 9.88. The molecule has 13 heavy (non-hydrogen) atoms. The first kappa shape index (κ1) is 10.1. The molecule has 0 radical (unpaired) electrons. The molecule has 0 amide bonds. The van der Waals surface area contributed by atoms with Gasteiger partial charge in [0.05, 0.1) is 11.1 Å². The molecule has 0 spiro atoms. The van der Waals surface area contributed by atoms with E-state index in [9.17, 15) is 0 Å². The van der Waals surface area contributed by atoms with Crippen LogP contribution in [0.2, 0.25) is 0 Å². The summed E-state index contributed by atoms with van der Waals surface area (Å²) in [6.07, 6.45) is 0.693. The van der Waals surface area contributed by atoms with Crippen molar-refractivity contribution in [2.75, 3.05) is 0 Å². The molecule has 2 nitrogen and oxygen atoms in total. The predicted molar refractivity (Wildman–Crippen MR) is 54.7 cm³/mol. The Labute approximate surface area is 82.8 Å². The second-order valence-corrected chi connectivity index (χ2v) is 3.43. The average molecular weight is 198 g/mol. The maximum atomic E-state index is 8.49. The van der Waals surface area contributed by atoms with Gasteiger partial charge in [0.1, 0.15) is 0 Å². The Bertz CT molecular complexity index is 284. The van der Waals surface area contributed by atoms with Crippen LogP contribution >= 0.6 is 11.6 Å². The van der Waals surface area contributed by atoms with E-state index in [1.807, 2.05) is 30.3 Å². The van der Waals surface area contributed by atoms with Gasteiger partial charge in [0, 0.05) is 0 Å². The lowest BCUT2D eigenvalue weighted by molar-refractivity contribution is 0.317. The molecule has 1 atom stereocenters. The predicted octanol–water partition coefficient (Wildman–Crippen LogP) is 2.69. The first-order chi connectivity index (χ1) is 6.24. The Kier molecular flexibility index (Phi) is 3.77. The summed E-state index contributed by atoms with van der Waals surface area (Å²) in [5, 5.41) is 11.3. The number of hydrogen-bond acceptors (Lipinski definition) is 2. The molecule has 0 saturated carbocycles. The highest BCUT2D eigenvalue weighted by Crippen LogP contribution is 2.09. The van der Waals surface area contributed by atoms with Gasteiger partial charge in [0.25, 0.3) is 0 Å². The summed E-state index contributed by atoms with van der Waals surface area (Å²) >= 11 is 5.98. The standard InChI is InChI=1S/C10H12ClNO/c1-8(12-13)10(11)7-9-5-3-2-4-6-9/h2-6,10,13H,7H2,1H3/b12-8-. The number of nitrogens with zero attached hydrogens (tertiary/aromatic N) is 1. The summed E-state index contributed by atoms with van der Waals surface area (Å²) in [5.74, 6) is 0. The summed E-state index contributed by atoms with van der Waals surface area (Å²) in [6.45, 7) is 1.71. The molecule has 0 aliphatic rings. The molecule has 0 aliphatic carbocycles. The quantitative estimate of drug-likeness (QED) is 0.344. The van der Waals surface area contributed by atoms with E-state index in [2.05, 4.69) is 5.16 Å². The van der Waals surface area contributed by atoms with Crippen LogP contribution in [-0.2, 0) is 6.42 Å². The van der Waals surface area contributed by atoms with Crippen molar-refractivity contribution in [1.82, 2.24) is 0 Å². The molecule has 0 aliphatic heterocycles. The van der Waals surface area contributed by atoms with Gasteiger partial charge in [-0.15, -0.1) is 11.6 Å². The Morgan fingerprint density at radius 1 is 1.46 bits per heavy atom. The smallest absolute Gasteiger partial charge is 0.0788 e. The van der Waals surface area contributed by atoms with Crippen molar-refractivity contribution < 1.29 is 5.21 Å². The van der Waals surface area contributed by atoms with Crippen LogP contribution in [0, 0.1) is 0 Å². The largest absolute Gasteiger partial charge is 0.411 e. The van der Waals surface area contributed by atoms with E-state index < -0.39 is 0 Å². The fraction of sp³-hybridized carbons (Fsp3) is 0.300. The van der Waals surface area contributed by atoms with Crippen molar-refractivity contribution >= 4 is 17.3 Å². The lowest BCUT2D eigenvalue weighted by atomic mass is 10.1. The van der Waals surface area contributed by atoms with Gasteiger partial charge in [0.2, 0.25) is 0 Å². The van der Waals surface area contributed by atoms with Gasteiger partial charge in [-0.3, -0.25) is 0 Å². The Hall–Kier alpha value is -1.02. The zero-order valence-corrected chi connectivity index (χ0v) is 8.20. The van der Waals surface area contributed by atoms with Crippen molar-refractivity contribution in [2.45, 2.75) is 18.7 Å². The number of alkyl halides is 1. The molecule has 70 valence electrons. The van der Waals surface area contributed by atoms with Gasteiger partial charge in [-0.1, -0.05) is 35.5 Å². The summed E-state index contributed by atoms with van der Waals surface area (Å²) < 4.78 is 0. The summed E-state index contributed by atoms with van der Waals surface area (Å²) in [4.78, 5) is 0. The maximum absolute atomic E-state index is 8.49. The minimum atomic E-state index is -0.229. The van der Waals surface area contributed by atoms with Crippen molar-refractivity contribution in [3.63, 3.8) is 0 Å². The molecule has 1 aromatic rings. The topological polar surface area (TPSA) is 32.6 Å². The second-order valence-electron chi connectivity index (χ2n) is 2.90. The monoisotopic (exact) mass is 197 g/mol. The van der Waals surface area contributed by atoms with E-state index >= 15 is 0 Å². The van der Waals surface area contributed by atoms with Crippen molar-refractivity contribution in [2.24, 2.45) is 5.16 Å². The number of oxime groups is 1. The number of hydrogen-bond donors (Lipinski definition) is 1. The van der Waals surface area contributed by atoms with Crippen LogP contribution in [0.5, 0.6) is 0 Å². The van der Waals surface area contributed by atoms with Gasteiger partial charge in [-0.2, -0.15) is 0 Å². The molecule has 0 heterocycles. The molecule has 1 N–H and O–H groups in total. The number of rotatable bonds is 3. The van der Waals surface area contributed by atoms with Gasteiger partial charge in [-0.05, 0) is 18.9 Å². The van der Waals surface area contributed by atoms with Crippen LogP contribution in [0.15, 0.2) is 35.5 Å². The van der Waals surface area contributed by atoms with Crippen LogP contribution in [-0.4, -0.2) is 16.3 Å². The molecule has 1 rings (SSSR count). The van der Waals surface area contributed by atoms with Gasteiger partial charge < -0.3 is 5.21 Å². The lowest BCUT2D eigenvalue weighted by Crippen LogP contribution is -2.13. The van der Waals surface area contributed by atoms with Crippen LogP contribution in [0.25, 0.3) is 0 Å². The van der Waals surface area contributed by atoms with E-state index in [-0.39, 0.29) is 5.38 Å². The fourth-order valence-electron chi connectivity index (χ4n) is 1.03. The number of benzene rings is 1. The van der Waals surface area contributed by atoms with Crippen LogP contribution in [0.1, 0.15) is 12.5 Å². The highest BCUT2D eigenvalue weighted by molar-refractivity contribution is 6.31. The van der Waals surface area contributed by atoms with E-state index in [1.54, 1.807) is 6.92 Å². The third-order valence-electron chi connectivity index (χ3n) is 1.87. The molecule has 0 fully saturated rings. The van der Waals surface area contributed by atoms with Gasteiger partial charge in [-0.25, -0.2) is 0 Å². The van der Waals surface area contributed by atoms with Crippen LogP contribution in [0.3, 0.4) is 0 Å². The SMILES string of the molecule is C/C(=N/O)C(Cl)Cc1ccccc1. The molecule has 1 unspecified atom stereocenters. The molecule has 3 heteroatoms. The third kappa shape index (κ3) is 3.07. The zero-order valence-electron chi connectivity index (χ0n) is 7.44. The van der Waals surface area contributed by atoms with Gasteiger partial charge in [0.15, 0.2) is 0 Å².